The van der Waals surface area contributed by atoms with Gasteiger partial charge in [-0.25, -0.2) is 0 Å². The Balaban J connectivity index is 1.76. The highest BCUT2D eigenvalue weighted by molar-refractivity contribution is 5.63. The summed E-state index contributed by atoms with van der Waals surface area (Å²) >= 11 is 0. The second kappa shape index (κ2) is 7.20. The normalized spacial score (nSPS) is 19.8. The van der Waals surface area contributed by atoms with Crippen LogP contribution in [-0.2, 0) is 5.41 Å². The number of aromatic nitrogens is 2. The van der Waals surface area contributed by atoms with Gasteiger partial charge in [0, 0.05) is 12.5 Å². The highest BCUT2D eigenvalue weighted by Gasteiger charge is 2.54. The van der Waals surface area contributed by atoms with Gasteiger partial charge < -0.3 is 0 Å². The van der Waals surface area contributed by atoms with E-state index in [1.165, 1.54) is 71.0 Å². The van der Waals surface area contributed by atoms with Crippen molar-refractivity contribution in [1.29, 1.82) is 0 Å². The third-order valence-electron chi connectivity index (χ3n) is 8.08. The first kappa shape index (κ1) is 19.5. The molecule has 0 saturated heterocycles. The number of para-hydroxylation sites is 2. The van der Waals surface area contributed by atoms with Crippen LogP contribution in [0.25, 0.3) is 22.8 Å². The van der Waals surface area contributed by atoms with Crippen LogP contribution in [0.4, 0.5) is 0 Å². The van der Waals surface area contributed by atoms with Crippen molar-refractivity contribution in [3.8, 4) is 22.8 Å². The third-order valence-corrected chi connectivity index (χ3v) is 8.08. The van der Waals surface area contributed by atoms with Gasteiger partial charge in [0.05, 0.1) is 11.0 Å². The van der Waals surface area contributed by atoms with Gasteiger partial charge in [-0.15, -0.1) is 0 Å². The molecule has 0 amide bonds. The Labute approximate surface area is 191 Å². The first-order valence-electron chi connectivity index (χ1n) is 12.0. The smallest absolute Gasteiger partial charge is 0.192 e. The summed E-state index contributed by atoms with van der Waals surface area (Å²) in [5.41, 5.74) is 9.57. The Morgan fingerprint density at radius 3 is 2.22 bits per heavy atom. The molecule has 2 nitrogen and oxygen atoms in total. The summed E-state index contributed by atoms with van der Waals surface area (Å²) in [4.78, 5) is 0. The molecule has 6 rings (SSSR count). The molecule has 4 aromatic rings. The Hall–Kier alpha value is -3.13. The second-order valence-corrected chi connectivity index (χ2v) is 9.78. The van der Waals surface area contributed by atoms with Crippen LogP contribution in [0.5, 0.6) is 0 Å². The van der Waals surface area contributed by atoms with Gasteiger partial charge in [-0.3, -0.25) is 0 Å². The third kappa shape index (κ3) is 2.56. The molecule has 0 bridgehead atoms. The van der Waals surface area contributed by atoms with Gasteiger partial charge in [-0.2, -0.15) is 9.13 Å². The fourth-order valence-corrected chi connectivity index (χ4v) is 6.58. The van der Waals surface area contributed by atoms with E-state index in [4.69, 9.17) is 0 Å². The van der Waals surface area contributed by atoms with Crippen molar-refractivity contribution >= 4 is 0 Å². The average molecular weight is 420 g/mol. The van der Waals surface area contributed by atoms with Gasteiger partial charge in [0.1, 0.15) is 11.4 Å². The molecule has 32 heavy (non-hydrogen) atoms. The van der Waals surface area contributed by atoms with Crippen LogP contribution in [0.1, 0.15) is 55.1 Å². The van der Waals surface area contributed by atoms with Gasteiger partial charge in [-0.1, -0.05) is 67.4 Å². The molecular weight excluding hydrogens is 388 g/mol. The van der Waals surface area contributed by atoms with Crippen LogP contribution >= 0.6 is 0 Å². The molecule has 3 aromatic carbocycles. The quantitative estimate of drug-likeness (QED) is 0.321. The molecule has 0 N–H and O–H groups in total. The Morgan fingerprint density at radius 1 is 0.812 bits per heavy atom. The van der Waals surface area contributed by atoms with Crippen LogP contribution in [0.2, 0.25) is 0 Å². The Kier molecular flexibility index (Phi) is 4.40. The van der Waals surface area contributed by atoms with Gasteiger partial charge in [-0.05, 0) is 62.4 Å². The van der Waals surface area contributed by atoms with E-state index in [0.29, 0.717) is 5.92 Å². The average Bonchev–Trinajstić information content (AvgIpc) is 3.52. The van der Waals surface area contributed by atoms with Crippen molar-refractivity contribution in [3.05, 3.63) is 101 Å². The van der Waals surface area contributed by atoms with Crippen molar-refractivity contribution < 1.29 is 4.57 Å². The first-order valence-corrected chi connectivity index (χ1v) is 12.0. The zero-order valence-corrected chi connectivity index (χ0v) is 19.3. The topological polar surface area (TPSA) is 8.81 Å². The summed E-state index contributed by atoms with van der Waals surface area (Å²) in [6.07, 6.45) is 5.35. The molecule has 1 unspecified atom stereocenters. The van der Waals surface area contributed by atoms with E-state index in [1.54, 1.807) is 0 Å². The largest absolute Gasteiger partial charge is 0.299 e. The van der Waals surface area contributed by atoms with Gasteiger partial charge in [0.15, 0.2) is 11.4 Å². The standard InChI is InChI=1S/C30H31N2/c1-21-13-7-11-19-26(21)31-22(2)28-30(3,24-16-8-9-17-24)25-18-10-12-20-27(25)32(28)29(31)23-14-5-4-6-15-23/h4-7,10-15,18-20,24H,8-9,16-17H2,1-3H3/q+1. The Morgan fingerprint density at radius 2 is 1.47 bits per heavy atom. The maximum absolute atomic E-state index is 2.59. The lowest BCUT2D eigenvalue weighted by Gasteiger charge is -2.30. The highest BCUT2D eigenvalue weighted by Crippen LogP contribution is 2.52. The summed E-state index contributed by atoms with van der Waals surface area (Å²) in [6, 6.07) is 28.9. The molecule has 160 valence electrons. The summed E-state index contributed by atoms with van der Waals surface area (Å²) in [5.74, 6) is 1.95. The van der Waals surface area contributed by atoms with Gasteiger partial charge in [0.25, 0.3) is 5.82 Å². The van der Waals surface area contributed by atoms with E-state index in [9.17, 15) is 0 Å². The summed E-state index contributed by atoms with van der Waals surface area (Å²) in [7, 11) is 0. The van der Waals surface area contributed by atoms with E-state index in [2.05, 4.69) is 109 Å². The molecule has 1 aromatic heterocycles. The van der Waals surface area contributed by atoms with Crippen LogP contribution in [0.3, 0.4) is 0 Å². The number of benzene rings is 3. The number of rotatable bonds is 3. The van der Waals surface area contributed by atoms with E-state index in [-0.39, 0.29) is 5.41 Å². The van der Waals surface area contributed by atoms with Crippen molar-refractivity contribution in [2.45, 2.75) is 51.9 Å². The van der Waals surface area contributed by atoms with E-state index in [1.807, 2.05) is 0 Å². The number of hydrogen-bond donors (Lipinski definition) is 0. The lowest BCUT2D eigenvalue weighted by Crippen LogP contribution is -2.38. The predicted octanol–water partition coefficient (Wildman–Crippen LogP) is 6.85. The van der Waals surface area contributed by atoms with Gasteiger partial charge >= 0.3 is 0 Å². The predicted molar refractivity (Wildman–Crippen MR) is 131 cm³/mol. The van der Waals surface area contributed by atoms with Crippen molar-refractivity contribution in [2.75, 3.05) is 0 Å². The molecule has 1 aliphatic carbocycles. The van der Waals surface area contributed by atoms with Crippen molar-refractivity contribution in [3.63, 3.8) is 0 Å². The minimum Gasteiger partial charge on any atom is -0.192 e. The van der Waals surface area contributed by atoms with Crippen LogP contribution in [-0.4, -0.2) is 4.57 Å². The molecular formula is C30H31N2+. The fourth-order valence-electron chi connectivity index (χ4n) is 6.58. The molecule has 2 aliphatic rings. The van der Waals surface area contributed by atoms with Crippen molar-refractivity contribution in [2.24, 2.45) is 5.92 Å². The van der Waals surface area contributed by atoms with Crippen molar-refractivity contribution in [1.82, 2.24) is 4.57 Å². The van der Waals surface area contributed by atoms with Crippen LogP contribution in [0.15, 0.2) is 78.9 Å². The van der Waals surface area contributed by atoms with Crippen LogP contribution < -0.4 is 4.57 Å². The van der Waals surface area contributed by atoms with E-state index in [0.717, 1.165) is 0 Å². The number of nitrogens with zero attached hydrogens (tertiary/aromatic N) is 2. The lowest BCUT2D eigenvalue weighted by molar-refractivity contribution is -0.587. The molecule has 2 heterocycles. The second-order valence-electron chi connectivity index (χ2n) is 9.78. The zero-order valence-electron chi connectivity index (χ0n) is 19.3. The monoisotopic (exact) mass is 419 g/mol. The SMILES string of the molecule is Cc1ccccc1-n1c(C)c2[n+](c1-c1ccccc1)-c1ccccc1C2(C)C1CCCC1. The maximum atomic E-state index is 2.59. The van der Waals surface area contributed by atoms with Crippen LogP contribution in [0, 0.1) is 19.8 Å². The summed E-state index contributed by atoms with van der Waals surface area (Å²) < 4.78 is 5.11. The maximum Gasteiger partial charge on any atom is 0.299 e. The molecule has 1 atom stereocenters. The molecule has 2 heteroatoms. The lowest BCUT2D eigenvalue weighted by atomic mass is 9.69. The highest BCUT2D eigenvalue weighted by atomic mass is 15.2. The zero-order chi connectivity index (χ0) is 21.9. The molecule has 0 radical (unpaired) electrons. The molecule has 1 aliphatic heterocycles. The first-order chi connectivity index (χ1) is 15.6. The van der Waals surface area contributed by atoms with Gasteiger partial charge in [0.2, 0.25) is 0 Å². The minimum absolute atomic E-state index is 0.0364. The number of hydrogen-bond acceptors (Lipinski definition) is 0. The Bertz CT molecular complexity index is 1310. The molecule has 1 fully saturated rings. The summed E-state index contributed by atoms with van der Waals surface area (Å²) in [6.45, 7) is 7.08. The molecule has 0 spiro atoms. The fraction of sp³-hybridized carbons (Fsp3) is 0.300. The summed E-state index contributed by atoms with van der Waals surface area (Å²) in [5, 5.41) is 0. The minimum atomic E-state index is 0.0364. The number of imidazole rings is 1. The van der Waals surface area contributed by atoms with E-state index >= 15 is 0 Å². The van der Waals surface area contributed by atoms with E-state index < -0.39 is 0 Å². The number of fused-ring (bicyclic) bond motifs is 3. The molecule has 1 saturated carbocycles. The number of aryl methyl sites for hydroxylation is 1.